The normalized spacial score (nSPS) is 16.4. The van der Waals surface area contributed by atoms with Crippen LogP contribution < -0.4 is 15.5 Å². The van der Waals surface area contributed by atoms with Crippen LogP contribution >= 0.6 is 11.6 Å². The van der Waals surface area contributed by atoms with E-state index in [-0.39, 0.29) is 0 Å². The van der Waals surface area contributed by atoms with Gasteiger partial charge in [-0.2, -0.15) is 0 Å². The topological polar surface area (TPSA) is 77.5 Å². The fraction of sp³-hybridized carbons (Fsp3) is 0.419. The molecule has 1 unspecified atom stereocenters. The monoisotopic (exact) mass is 532 g/mol. The molecular weight excluding hydrogens is 496 g/mol. The minimum atomic E-state index is -0.862. The van der Waals surface area contributed by atoms with E-state index in [4.69, 9.17) is 16.6 Å². The molecule has 2 aromatic carbocycles. The first-order valence-electron chi connectivity index (χ1n) is 13.8. The van der Waals surface area contributed by atoms with Crippen LogP contribution in [0.5, 0.6) is 0 Å². The summed E-state index contributed by atoms with van der Waals surface area (Å²) in [6.07, 6.45) is 5.65. The van der Waals surface area contributed by atoms with Crippen LogP contribution in [0.2, 0.25) is 5.02 Å². The number of carboxylic acid groups (broad SMARTS) is 1. The standard InChI is InChI=1S/C31H37ClN4O2/c1-3-22-19-25(32)17-20(2)29(22)34-28(31(37)38)18-21-6-9-26(10-7-21)36-15-12-23(13-16-36)27-11-8-24-5-4-14-33-30(24)35-27/h6-11,17,19,23,28,34H,3-5,12-16,18H2,1-2H3,(H,33,35)(H,37,38). The van der Waals surface area contributed by atoms with Crippen molar-refractivity contribution >= 4 is 34.8 Å². The van der Waals surface area contributed by atoms with Gasteiger partial charge in [0.1, 0.15) is 11.9 Å². The predicted octanol–water partition coefficient (Wildman–Crippen LogP) is 6.46. The first-order chi connectivity index (χ1) is 18.4. The molecule has 3 aromatic rings. The maximum absolute atomic E-state index is 12.1. The first-order valence-corrected chi connectivity index (χ1v) is 14.1. The Kier molecular flexibility index (Phi) is 8.08. The second kappa shape index (κ2) is 11.6. The summed E-state index contributed by atoms with van der Waals surface area (Å²) >= 11 is 6.22. The molecule has 38 heavy (non-hydrogen) atoms. The molecule has 0 spiro atoms. The highest BCUT2D eigenvalue weighted by atomic mass is 35.5. The Labute approximate surface area is 230 Å². The molecule has 2 aliphatic rings. The van der Waals surface area contributed by atoms with E-state index in [1.54, 1.807) is 0 Å². The maximum atomic E-state index is 12.1. The number of nitrogens with one attached hydrogen (secondary N) is 2. The Bertz CT molecular complexity index is 1290. The van der Waals surface area contributed by atoms with Gasteiger partial charge < -0.3 is 20.6 Å². The zero-order valence-electron chi connectivity index (χ0n) is 22.3. The fourth-order valence-corrected chi connectivity index (χ4v) is 6.05. The molecule has 1 aromatic heterocycles. The summed E-state index contributed by atoms with van der Waals surface area (Å²) in [5, 5.41) is 17.4. The largest absolute Gasteiger partial charge is 0.480 e. The predicted molar refractivity (Wildman–Crippen MR) is 156 cm³/mol. The SMILES string of the molecule is CCc1cc(Cl)cc(C)c1NC(Cc1ccc(N2CCC(c3ccc4c(n3)NCCC4)CC2)cc1)C(=O)O. The number of piperidine rings is 1. The van der Waals surface area contributed by atoms with E-state index >= 15 is 0 Å². The van der Waals surface area contributed by atoms with Crippen molar-refractivity contribution in [3.8, 4) is 0 Å². The summed E-state index contributed by atoms with van der Waals surface area (Å²) < 4.78 is 0. The van der Waals surface area contributed by atoms with E-state index < -0.39 is 12.0 Å². The number of rotatable bonds is 8. The van der Waals surface area contributed by atoms with Crippen molar-refractivity contribution in [1.82, 2.24) is 4.98 Å². The van der Waals surface area contributed by atoms with E-state index in [1.165, 1.54) is 23.4 Å². The van der Waals surface area contributed by atoms with Crippen molar-refractivity contribution in [3.05, 3.63) is 81.5 Å². The second-order valence-corrected chi connectivity index (χ2v) is 11.0. The number of halogens is 1. The van der Waals surface area contributed by atoms with Crippen LogP contribution in [0.15, 0.2) is 48.5 Å². The molecule has 6 nitrogen and oxygen atoms in total. The maximum Gasteiger partial charge on any atom is 0.326 e. The lowest BCUT2D eigenvalue weighted by molar-refractivity contribution is -0.137. The van der Waals surface area contributed by atoms with Gasteiger partial charge in [-0.1, -0.05) is 36.7 Å². The molecule has 200 valence electrons. The summed E-state index contributed by atoms with van der Waals surface area (Å²) in [5.41, 5.74) is 7.60. The van der Waals surface area contributed by atoms with Crippen LogP contribution in [-0.4, -0.2) is 41.7 Å². The van der Waals surface area contributed by atoms with Crippen LogP contribution in [0.1, 0.15) is 60.1 Å². The Hall–Kier alpha value is -3.25. The smallest absolute Gasteiger partial charge is 0.326 e. The lowest BCUT2D eigenvalue weighted by atomic mass is 9.92. The number of pyridine rings is 1. The van der Waals surface area contributed by atoms with Crippen molar-refractivity contribution in [1.29, 1.82) is 0 Å². The fourth-order valence-electron chi connectivity index (χ4n) is 5.76. The van der Waals surface area contributed by atoms with Gasteiger partial charge in [0.05, 0.1) is 0 Å². The summed E-state index contributed by atoms with van der Waals surface area (Å²) in [6, 6.07) is 15.9. The number of hydrogen-bond acceptors (Lipinski definition) is 5. The molecule has 0 amide bonds. The molecule has 7 heteroatoms. The third-order valence-corrected chi connectivity index (χ3v) is 8.17. The number of aryl methyl sites for hydroxylation is 3. The molecular formula is C31H37ClN4O2. The van der Waals surface area contributed by atoms with Gasteiger partial charge in [0.15, 0.2) is 0 Å². The number of anilines is 3. The lowest BCUT2D eigenvalue weighted by Gasteiger charge is -2.34. The van der Waals surface area contributed by atoms with Crippen LogP contribution in [0.25, 0.3) is 0 Å². The van der Waals surface area contributed by atoms with E-state index in [2.05, 4.69) is 51.9 Å². The van der Waals surface area contributed by atoms with Gasteiger partial charge in [-0.3, -0.25) is 0 Å². The van der Waals surface area contributed by atoms with Crippen molar-refractivity contribution < 1.29 is 9.90 Å². The molecule has 1 saturated heterocycles. The second-order valence-electron chi connectivity index (χ2n) is 10.6. The molecule has 2 aliphatic heterocycles. The van der Waals surface area contributed by atoms with Crippen LogP contribution in [-0.2, 0) is 24.1 Å². The summed E-state index contributed by atoms with van der Waals surface area (Å²) in [5.74, 6) is 0.711. The summed E-state index contributed by atoms with van der Waals surface area (Å²) in [6.45, 7) is 7.01. The van der Waals surface area contributed by atoms with Gasteiger partial charge in [0.25, 0.3) is 0 Å². The van der Waals surface area contributed by atoms with Gasteiger partial charge in [-0.25, -0.2) is 9.78 Å². The molecule has 5 rings (SSSR count). The quantitative estimate of drug-likeness (QED) is 0.309. The van der Waals surface area contributed by atoms with Crippen molar-refractivity contribution in [3.63, 3.8) is 0 Å². The highest BCUT2D eigenvalue weighted by Crippen LogP contribution is 2.32. The van der Waals surface area contributed by atoms with Gasteiger partial charge in [0.2, 0.25) is 0 Å². The molecule has 1 atom stereocenters. The van der Waals surface area contributed by atoms with Crippen LogP contribution in [0.3, 0.4) is 0 Å². The average molecular weight is 533 g/mol. The number of carboxylic acids is 1. The average Bonchev–Trinajstić information content (AvgIpc) is 2.93. The van der Waals surface area contributed by atoms with E-state index in [0.29, 0.717) is 17.4 Å². The van der Waals surface area contributed by atoms with Crippen LogP contribution in [0, 0.1) is 6.92 Å². The Morgan fingerprint density at radius 3 is 2.66 bits per heavy atom. The highest BCUT2D eigenvalue weighted by molar-refractivity contribution is 6.30. The lowest BCUT2D eigenvalue weighted by Crippen LogP contribution is -2.33. The Balaban J connectivity index is 1.20. The molecule has 3 N–H and O–H groups in total. The molecule has 0 saturated carbocycles. The van der Waals surface area contributed by atoms with Gasteiger partial charge in [-0.15, -0.1) is 0 Å². The van der Waals surface area contributed by atoms with E-state index in [0.717, 1.165) is 73.5 Å². The third-order valence-electron chi connectivity index (χ3n) is 7.95. The number of fused-ring (bicyclic) bond motifs is 1. The Morgan fingerprint density at radius 2 is 1.95 bits per heavy atom. The number of aliphatic carboxylic acids is 1. The minimum Gasteiger partial charge on any atom is -0.480 e. The number of benzene rings is 2. The van der Waals surface area contributed by atoms with Crippen molar-refractivity contribution in [2.24, 2.45) is 0 Å². The van der Waals surface area contributed by atoms with Gasteiger partial charge >= 0.3 is 5.97 Å². The number of nitrogens with zero attached hydrogens (tertiary/aromatic N) is 2. The third kappa shape index (κ3) is 5.91. The summed E-state index contributed by atoms with van der Waals surface area (Å²) in [7, 11) is 0. The molecule has 0 aliphatic carbocycles. The highest BCUT2D eigenvalue weighted by Gasteiger charge is 2.24. The van der Waals surface area contributed by atoms with Crippen molar-refractivity contribution in [2.45, 2.75) is 64.3 Å². The van der Waals surface area contributed by atoms with E-state index in [1.807, 2.05) is 26.0 Å². The van der Waals surface area contributed by atoms with Crippen LogP contribution in [0.4, 0.5) is 17.2 Å². The first kappa shape index (κ1) is 26.4. The van der Waals surface area contributed by atoms with Gasteiger partial charge in [-0.05, 0) is 91.6 Å². The number of aromatic nitrogens is 1. The zero-order valence-corrected chi connectivity index (χ0v) is 23.0. The molecule has 3 heterocycles. The molecule has 0 bridgehead atoms. The zero-order chi connectivity index (χ0) is 26.6. The molecule has 1 fully saturated rings. The van der Waals surface area contributed by atoms with E-state index in [9.17, 15) is 9.90 Å². The summed E-state index contributed by atoms with van der Waals surface area (Å²) in [4.78, 5) is 19.5. The number of carbonyl (C=O) groups is 1. The number of hydrogen-bond donors (Lipinski definition) is 3. The van der Waals surface area contributed by atoms with Gasteiger partial charge in [0, 0.05) is 54.1 Å². The van der Waals surface area contributed by atoms with Crippen molar-refractivity contribution in [2.75, 3.05) is 35.2 Å². The Morgan fingerprint density at radius 1 is 1.18 bits per heavy atom. The molecule has 0 radical (unpaired) electrons. The minimum absolute atomic E-state index is 0.404.